The summed E-state index contributed by atoms with van der Waals surface area (Å²) in [6, 6.07) is 2.04. The molecule has 1 aromatic rings. The minimum absolute atomic E-state index is 0.123. The highest BCUT2D eigenvalue weighted by Gasteiger charge is 2.23. The summed E-state index contributed by atoms with van der Waals surface area (Å²) >= 11 is 1.75. The molecule has 0 radical (unpaired) electrons. The predicted octanol–water partition coefficient (Wildman–Crippen LogP) is 0.489. The summed E-state index contributed by atoms with van der Waals surface area (Å²) in [6.07, 6.45) is -0.515. The number of amides is 2. The van der Waals surface area contributed by atoms with E-state index in [0.29, 0.717) is 3.57 Å². The highest BCUT2D eigenvalue weighted by molar-refractivity contribution is 14.1. The van der Waals surface area contributed by atoms with Crippen molar-refractivity contribution in [3.8, 4) is 0 Å². The topological polar surface area (TPSA) is 109 Å². The minimum atomic E-state index is -1.41. The van der Waals surface area contributed by atoms with E-state index in [9.17, 15) is 18.8 Å². The van der Waals surface area contributed by atoms with Crippen molar-refractivity contribution < 1.29 is 23.9 Å². The van der Waals surface area contributed by atoms with Crippen LogP contribution in [0, 0.1) is 9.39 Å². The average molecular weight is 380 g/mol. The summed E-state index contributed by atoms with van der Waals surface area (Å²) in [7, 11) is 0. The van der Waals surface area contributed by atoms with Gasteiger partial charge in [-0.3, -0.25) is 9.59 Å². The molecule has 8 heteroatoms. The first-order valence-corrected chi connectivity index (χ1v) is 6.16. The largest absolute Gasteiger partial charge is 0.480 e. The van der Waals surface area contributed by atoms with Gasteiger partial charge in [-0.25, -0.2) is 9.18 Å². The predicted molar refractivity (Wildman–Crippen MR) is 71.8 cm³/mol. The Bertz CT molecular complexity index is 535. The number of carbonyl (C=O) groups excluding carboxylic acids is 2. The monoisotopic (exact) mass is 380 g/mol. The Balaban J connectivity index is 2.87. The zero-order valence-corrected chi connectivity index (χ0v) is 11.7. The van der Waals surface area contributed by atoms with Crippen LogP contribution in [0.15, 0.2) is 18.2 Å². The zero-order valence-electron chi connectivity index (χ0n) is 9.52. The fraction of sp³-hybridized carbons (Fsp3) is 0.182. The number of rotatable bonds is 5. The van der Waals surface area contributed by atoms with Crippen molar-refractivity contribution >= 4 is 40.4 Å². The molecule has 0 aromatic heterocycles. The fourth-order valence-electron chi connectivity index (χ4n) is 1.31. The Hall–Kier alpha value is -1.71. The van der Waals surface area contributed by atoms with Gasteiger partial charge in [0.1, 0.15) is 11.9 Å². The van der Waals surface area contributed by atoms with Crippen molar-refractivity contribution in [2.45, 2.75) is 12.5 Å². The van der Waals surface area contributed by atoms with Gasteiger partial charge in [-0.2, -0.15) is 0 Å². The summed E-state index contributed by atoms with van der Waals surface area (Å²) in [6.45, 7) is 0. The smallest absolute Gasteiger partial charge is 0.326 e. The number of benzene rings is 1. The second-order valence-electron chi connectivity index (χ2n) is 3.66. The maximum absolute atomic E-state index is 12.9. The van der Waals surface area contributed by atoms with E-state index in [1.54, 1.807) is 22.6 Å². The van der Waals surface area contributed by atoms with Gasteiger partial charge in [-0.15, -0.1) is 0 Å². The number of carboxylic acids is 1. The van der Waals surface area contributed by atoms with Crippen LogP contribution in [0.4, 0.5) is 4.39 Å². The fourth-order valence-corrected chi connectivity index (χ4v) is 2.03. The number of hydrogen-bond donors (Lipinski definition) is 3. The lowest BCUT2D eigenvalue weighted by atomic mass is 10.1. The summed E-state index contributed by atoms with van der Waals surface area (Å²) < 4.78 is 13.2. The summed E-state index contributed by atoms with van der Waals surface area (Å²) in [5.41, 5.74) is 5.01. The zero-order chi connectivity index (χ0) is 14.6. The Labute approximate surface area is 121 Å². The molecule has 102 valence electrons. The van der Waals surface area contributed by atoms with Gasteiger partial charge in [-0.1, -0.05) is 0 Å². The molecular weight excluding hydrogens is 370 g/mol. The lowest BCUT2D eigenvalue weighted by Gasteiger charge is -2.13. The van der Waals surface area contributed by atoms with Crippen LogP contribution in [0.25, 0.3) is 0 Å². The maximum atomic E-state index is 12.9. The van der Waals surface area contributed by atoms with E-state index in [2.05, 4.69) is 5.32 Å². The normalized spacial score (nSPS) is 11.7. The van der Waals surface area contributed by atoms with Crippen LogP contribution in [0.5, 0.6) is 0 Å². The van der Waals surface area contributed by atoms with Crippen molar-refractivity contribution in [3.05, 3.63) is 33.1 Å². The molecule has 0 heterocycles. The molecular formula is C11H10FIN2O4. The maximum Gasteiger partial charge on any atom is 0.326 e. The molecule has 0 aliphatic carbocycles. The number of carboxylic acid groups (broad SMARTS) is 1. The first-order chi connectivity index (χ1) is 8.81. The van der Waals surface area contributed by atoms with Crippen LogP contribution >= 0.6 is 22.6 Å². The third kappa shape index (κ3) is 4.47. The Morgan fingerprint density at radius 2 is 2.05 bits per heavy atom. The molecule has 0 fully saturated rings. The van der Waals surface area contributed by atoms with E-state index in [0.717, 1.165) is 12.1 Å². The molecule has 1 rings (SSSR count). The van der Waals surface area contributed by atoms with E-state index in [1.807, 2.05) is 0 Å². The average Bonchev–Trinajstić information content (AvgIpc) is 2.26. The van der Waals surface area contributed by atoms with Gasteiger partial charge in [0.2, 0.25) is 5.91 Å². The number of nitrogens with one attached hydrogen (secondary N) is 1. The number of carbonyl (C=O) groups is 3. The highest BCUT2D eigenvalue weighted by Crippen LogP contribution is 2.14. The third-order valence-electron chi connectivity index (χ3n) is 2.18. The van der Waals surface area contributed by atoms with Crippen molar-refractivity contribution in [3.63, 3.8) is 0 Å². The first kappa shape index (κ1) is 15.3. The Morgan fingerprint density at radius 3 is 2.53 bits per heavy atom. The van der Waals surface area contributed by atoms with Gasteiger partial charge in [0, 0.05) is 3.57 Å². The summed E-state index contributed by atoms with van der Waals surface area (Å²) in [4.78, 5) is 33.4. The van der Waals surface area contributed by atoms with Crippen LogP contribution in [0.1, 0.15) is 16.8 Å². The van der Waals surface area contributed by atoms with Crippen LogP contribution in [-0.4, -0.2) is 28.9 Å². The molecule has 6 nitrogen and oxygen atoms in total. The van der Waals surface area contributed by atoms with E-state index in [1.165, 1.54) is 6.07 Å². The summed E-state index contributed by atoms with van der Waals surface area (Å²) in [5.74, 6) is -3.43. The number of aliphatic carboxylic acids is 1. The molecule has 0 unspecified atom stereocenters. The molecule has 19 heavy (non-hydrogen) atoms. The Kier molecular flexibility index (Phi) is 5.21. The lowest BCUT2D eigenvalue weighted by Crippen LogP contribution is -2.43. The van der Waals surface area contributed by atoms with E-state index >= 15 is 0 Å². The van der Waals surface area contributed by atoms with E-state index in [-0.39, 0.29) is 5.56 Å². The van der Waals surface area contributed by atoms with Crippen LogP contribution < -0.4 is 11.1 Å². The van der Waals surface area contributed by atoms with E-state index in [4.69, 9.17) is 10.8 Å². The quantitative estimate of drug-likeness (QED) is 0.646. The molecule has 1 aromatic carbocycles. The molecule has 0 spiro atoms. The van der Waals surface area contributed by atoms with Gasteiger partial charge >= 0.3 is 5.97 Å². The number of primary amides is 1. The van der Waals surface area contributed by atoms with Gasteiger partial charge in [0.15, 0.2) is 0 Å². The molecule has 0 saturated heterocycles. The summed E-state index contributed by atoms with van der Waals surface area (Å²) in [5, 5.41) is 11.0. The molecule has 0 saturated carbocycles. The van der Waals surface area contributed by atoms with Gasteiger partial charge in [0.25, 0.3) is 5.91 Å². The SMILES string of the molecule is NC(=O)C[C@H](NC(=O)c1ccc(F)cc1I)C(=O)O. The Morgan fingerprint density at radius 1 is 1.42 bits per heavy atom. The molecule has 0 aliphatic rings. The molecule has 2 amide bonds. The number of halogens is 2. The van der Waals surface area contributed by atoms with Gasteiger partial charge < -0.3 is 16.2 Å². The molecule has 1 atom stereocenters. The van der Waals surface area contributed by atoms with Crippen molar-refractivity contribution in [2.24, 2.45) is 5.73 Å². The second kappa shape index (κ2) is 6.45. The van der Waals surface area contributed by atoms with Crippen molar-refractivity contribution in [2.75, 3.05) is 0 Å². The van der Waals surface area contributed by atoms with Crippen LogP contribution in [-0.2, 0) is 9.59 Å². The van der Waals surface area contributed by atoms with Gasteiger partial charge in [-0.05, 0) is 40.8 Å². The molecule has 0 bridgehead atoms. The number of nitrogens with two attached hydrogens (primary N) is 1. The third-order valence-corrected chi connectivity index (χ3v) is 3.08. The van der Waals surface area contributed by atoms with Gasteiger partial charge in [0.05, 0.1) is 12.0 Å². The van der Waals surface area contributed by atoms with Crippen molar-refractivity contribution in [1.82, 2.24) is 5.32 Å². The van der Waals surface area contributed by atoms with E-state index < -0.39 is 36.1 Å². The van der Waals surface area contributed by atoms with Crippen molar-refractivity contribution in [1.29, 1.82) is 0 Å². The lowest BCUT2D eigenvalue weighted by molar-refractivity contribution is -0.140. The van der Waals surface area contributed by atoms with Crippen LogP contribution in [0.2, 0.25) is 0 Å². The standard InChI is InChI=1S/C11H10FIN2O4/c12-5-1-2-6(7(13)3-5)10(17)15-8(11(18)19)4-9(14)16/h1-3,8H,4H2,(H2,14,16)(H,15,17)(H,18,19)/t8-/m0/s1. The van der Waals surface area contributed by atoms with Crippen LogP contribution in [0.3, 0.4) is 0 Å². The first-order valence-electron chi connectivity index (χ1n) is 5.08. The highest BCUT2D eigenvalue weighted by atomic mass is 127. The molecule has 0 aliphatic heterocycles. The molecule has 4 N–H and O–H groups in total. The second-order valence-corrected chi connectivity index (χ2v) is 4.82. The number of hydrogen-bond acceptors (Lipinski definition) is 3. The minimum Gasteiger partial charge on any atom is -0.480 e.